The summed E-state index contributed by atoms with van der Waals surface area (Å²) in [5.41, 5.74) is 1.67. The standard InChI is InChI=1S/C29H33N3O3/c33-26-10-14-29(31-26,19-23-7-3-6-21-5-1-2-9-25(21)23)15-11-27(34)32-17-12-22(13-18-32)28(35)24-8-4-16-30-20-24/h1-9,16,20,22,28,35H,10-15,17-19H2,(H,31,33)/t28-,29-/m0/s1. The summed E-state index contributed by atoms with van der Waals surface area (Å²) >= 11 is 0. The van der Waals surface area contributed by atoms with Gasteiger partial charge in [-0.05, 0) is 66.0 Å². The van der Waals surface area contributed by atoms with E-state index in [9.17, 15) is 14.7 Å². The van der Waals surface area contributed by atoms with Gasteiger partial charge in [0.2, 0.25) is 11.8 Å². The van der Waals surface area contributed by atoms with Crippen LogP contribution in [0.1, 0.15) is 55.8 Å². The minimum absolute atomic E-state index is 0.0721. The first kappa shape index (κ1) is 23.5. The molecule has 6 nitrogen and oxygen atoms in total. The molecule has 0 radical (unpaired) electrons. The SMILES string of the molecule is O=C1CC[C@](CCC(=O)N2CCC([C@H](O)c3cccnc3)CC2)(Cc2cccc3ccccc23)N1. The van der Waals surface area contributed by atoms with Crippen LogP contribution in [-0.2, 0) is 16.0 Å². The van der Waals surface area contributed by atoms with Crippen LogP contribution in [0.4, 0.5) is 0 Å². The molecule has 2 aliphatic rings. The van der Waals surface area contributed by atoms with Crippen molar-refractivity contribution >= 4 is 22.6 Å². The number of rotatable bonds is 7. The molecule has 2 fully saturated rings. The number of carbonyl (C=O) groups is 2. The van der Waals surface area contributed by atoms with Gasteiger partial charge in [0, 0.05) is 43.9 Å². The van der Waals surface area contributed by atoms with Crippen molar-refractivity contribution < 1.29 is 14.7 Å². The van der Waals surface area contributed by atoms with Gasteiger partial charge < -0.3 is 15.3 Å². The molecule has 6 heteroatoms. The highest BCUT2D eigenvalue weighted by Crippen LogP contribution is 2.34. The number of nitrogens with zero attached hydrogens (tertiary/aromatic N) is 2. The zero-order valence-electron chi connectivity index (χ0n) is 20.0. The number of carbonyl (C=O) groups excluding carboxylic acids is 2. The topological polar surface area (TPSA) is 82.5 Å². The fraction of sp³-hybridized carbons (Fsp3) is 0.414. The smallest absolute Gasteiger partial charge is 0.222 e. The Balaban J connectivity index is 1.21. The molecule has 1 aromatic heterocycles. The first-order valence-corrected chi connectivity index (χ1v) is 12.7. The van der Waals surface area contributed by atoms with Crippen molar-refractivity contribution in [2.45, 2.75) is 56.6 Å². The number of benzene rings is 2. The van der Waals surface area contributed by atoms with Crippen LogP contribution < -0.4 is 5.32 Å². The number of likely N-dealkylation sites (tertiary alicyclic amines) is 1. The van der Waals surface area contributed by atoms with Gasteiger partial charge in [-0.1, -0.05) is 48.5 Å². The molecule has 3 heterocycles. The lowest BCUT2D eigenvalue weighted by atomic mass is 9.83. The second kappa shape index (κ2) is 10.2. The van der Waals surface area contributed by atoms with Crippen LogP contribution in [-0.4, -0.2) is 45.4 Å². The van der Waals surface area contributed by atoms with Crippen LogP contribution in [0.3, 0.4) is 0 Å². The van der Waals surface area contributed by atoms with Gasteiger partial charge in [0.1, 0.15) is 0 Å². The van der Waals surface area contributed by atoms with Gasteiger partial charge in [0.25, 0.3) is 0 Å². The average Bonchev–Trinajstić information content (AvgIpc) is 3.28. The number of aliphatic hydroxyl groups excluding tert-OH is 1. The van der Waals surface area contributed by atoms with Crippen molar-refractivity contribution in [1.29, 1.82) is 0 Å². The number of hydrogen-bond donors (Lipinski definition) is 2. The number of fused-ring (bicyclic) bond motifs is 1. The second-order valence-corrected chi connectivity index (χ2v) is 10.1. The molecule has 2 N–H and O–H groups in total. The van der Waals surface area contributed by atoms with Crippen molar-refractivity contribution in [2.75, 3.05) is 13.1 Å². The fourth-order valence-electron chi connectivity index (χ4n) is 5.79. The van der Waals surface area contributed by atoms with E-state index in [0.29, 0.717) is 32.4 Å². The maximum atomic E-state index is 13.1. The third-order valence-electron chi connectivity index (χ3n) is 7.83. The van der Waals surface area contributed by atoms with Gasteiger partial charge in [-0.3, -0.25) is 14.6 Å². The molecule has 2 atom stereocenters. The summed E-state index contributed by atoms with van der Waals surface area (Å²) in [6, 6.07) is 18.4. The highest BCUT2D eigenvalue weighted by Gasteiger charge is 2.39. The summed E-state index contributed by atoms with van der Waals surface area (Å²) in [5, 5.41) is 16.3. The minimum atomic E-state index is -0.543. The highest BCUT2D eigenvalue weighted by molar-refractivity contribution is 5.86. The number of piperidine rings is 1. The van der Waals surface area contributed by atoms with E-state index < -0.39 is 6.10 Å². The lowest BCUT2D eigenvalue weighted by molar-refractivity contribution is -0.134. The molecular formula is C29H33N3O3. The Kier molecular flexibility index (Phi) is 6.82. The Morgan fingerprint density at radius 3 is 2.66 bits per heavy atom. The molecule has 3 aromatic rings. The van der Waals surface area contributed by atoms with Crippen molar-refractivity contribution in [3.63, 3.8) is 0 Å². The number of amides is 2. The summed E-state index contributed by atoms with van der Waals surface area (Å²) in [4.78, 5) is 31.4. The third kappa shape index (κ3) is 5.22. The molecule has 0 aliphatic carbocycles. The number of nitrogens with one attached hydrogen (secondary N) is 1. The monoisotopic (exact) mass is 471 g/mol. The number of hydrogen-bond acceptors (Lipinski definition) is 4. The predicted octanol–water partition coefficient (Wildman–Crippen LogP) is 4.18. The molecule has 2 aliphatic heterocycles. The zero-order chi connectivity index (χ0) is 24.3. The lowest BCUT2D eigenvalue weighted by Gasteiger charge is -2.35. The Labute approximate surface area is 206 Å². The van der Waals surface area contributed by atoms with E-state index in [2.05, 4.69) is 40.6 Å². The van der Waals surface area contributed by atoms with Crippen LogP contribution in [0.2, 0.25) is 0 Å². The van der Waals surface area contributed by atoms with Gasteiger partial charge >= 0.3 is 0 Å². The van der Waals surface area contributed by atoms with Gasteiger partial charge in [0.05, 0.1) is 6.10 Å². The molecule has 0 spiro atoms. The number of aromatic nitrogens is 1. The molecule has 0 bridgehead atoms. The van der Waals surface area contributed by atoms with Crippen molar-refractivity contribution in [3.05, 3.63) is 78.1 Å². The van der Waals surface area contributed by atoms with E-state index in [1.165, 1.54) is 16.3 Å². The molecule has 5 rings (SSSR count). The van der Waals surface area contributed by atoms with Crippen LogP contribution in [0, 0.1) is 5.92 Å². The Morgan fingerprint density at radius 2 is 1.91 bits per heavy atom. The third-order valence-corrected chi connectivity index (χ3v) is 7.83. The largest absolute Gasteiger partial charge is 0.388 e. The fourth-order valence-corrected chi connectivity index (χ4v) is 5.79. The van der Waals surface area contributed by atoms with Crippen LogP contribution in [0.25, 0.3) is 10.8 Å². The van der Waals surface area contributed by atoms with Crippen molar-refractivity contribution in [3.8, 4) is 0 Å². The van der Waals surface area contributed by atoms with Gasteiger partial charge in [-0.15, -0.1) is 0 Å². The van der Waals surface area contributed by atoms with E-state index in [1.54, 1.807) is 12.4 Å². The molecular weight excluding hydrogens is 438 g/mol. The lowest BCUT2D eigenvalue weighted by Crippen LogP contribution is -2.45. The first-order valence-electron chi connectivity index (χ1n) is 12.7. The summed E-state index contributed by atoms with van der Waals surface area (Å²) in [6.45, 7) is 1.31. The maximum Gasteiger partial charge on any atom is 0.222 e. The Morgan fingerprint density at radius 1 is 1.11 bits per heavy atom. The zero-order valence-corrected chi connectivity index (χ0v) is 20.0. The second-order valence-electron chi connectivity index (χ2n) is 10.1. The minimum Gasteiger partial charge on any atom is -0.388 e. The van der Waals surface area contributed by atoms with Gasteiger partial charge in [-0.25, -0.2) is 0 Å². The maximum absolute atomic E-state index is 13.1. The van der Waals surface area contributed by atoms with Crippen LogP contribution in [0.15, 0.2) is 67.0 Å². The van der Waals surface area contributed by atoms with E-state index >= 15 is 0 Å². The number of pyridine rings is 1. The van der Waals surface area contributed by atoms with Crippen LogP contribution in [0.5, 0.6) is 0 Å². The molecule has 2 amide bonds. The molecule has 0 saturated carbocycles. The molecule has 0 unspecified atom stereocenters. The first-order chi connectivity index (χ1) is 17.0. The molecule has 2 saturated heterocycles. The Hall–Kier alpha value is -3.25. The predicted molar refractivity (Wildman–Crippen MR) is 135 cm³/mol. The highest BCUT2D eigenvalue weighted by atomic mass is 16.3. The summed E-state index contributed by atoms with van der Waals surface area (Å²) in [5.74, 6) is 0.343. The number of aliphatic hydroxyl groups is 1. The van der Waals surface area contributed by atoms with E-state index in [1.807, 2.05) is 29.2 Å². The van der Waals surface area contributed by atoms with Gasteiger partial charge in [0.15, 0.2) is 0 Å². The van der Waals surface area contributed by atoms with E-state index in [-0.39, 0.29) is 23.3 Å². The van der Waals surface area contributed by atoms with Gasteiger partial charge in [-0.2, -0.15) is 0 Å². The normalized spacial score (nSPS) is 21.7. The molecule has 35 heavy (non-hydrogen) atoms. The summed E-state index contributed by atoms with van der Waals surface area (Å²) in [6.07, 6.45) is 7.48. The molecule has 2 aromatic carbocycles. The summed E-state index contributed by atoms with van der Waals surface area (Å²) in [7, 11) is 0. The van der Waals surface area contributed by atoms with E-state index in [0.717, 1.165) is 31.2 Å². The van der Waals surface area contributed by atoms with Crippen molar-refractivity contribution in [2.24, 2.45) is 5.92 Å². The van der Waals surface area contributed by atoms with Crippen molar-refractivity contribution in [1.82, 2.24) is 15.2 Å². The summed E-state index contributed by atoms with van der Waals surface area (Å²) < 4.78 is 0. The quantitative estimate of drug-likeness (QED) is 0.542. The van der Waals surface area contributed by atoms with Crippen LogP contribution >= 0.6 is 0 Å². The molecule has 182 valence electrons. The van der Waals surface area contributed by atoms with E-state index in [4.69, 9.17) is 0 Å². The average molecular weight is 472 g/mol. The Bertz CT molecular complexity index is 1180.